The van der Waals surface area contributed by atoms with Gasteiger partial charge in [-0.2, -0.15) is 0 Å². The van der Waals surface area contributed by atoms with Crippen molar-refractivity contribution < 1.29 is 0 Å². The molecule has 11 heavy (non-hydrogen) atoms. The summed E-state index contributed by atoms with van der Waals surface area (Å²) in [7, 11) is 0. The van der Waals surface area contributed by atoms with Crippen LogP contribution in [0, 0.1) is 5.41 Å². The summed E-state index contributed by atoms with van der Waals surface area (Å²) in [6, 6.07) is 0.404. The smallest absolute Gasteiger partial charge is 0.0768 e. The Morgan fingerprint density at radius 3 is 3.27 bits per heavy atom. The zero-order chi connectivity index (χ0) is 7.73. The third-order valence-corrected chi connectivity index (χ3v) is 2.65. The number of hydrogen-bond donors (Lipinski definition) is 0. The van der Waals surface area contributed by atoms with Gasteiger partial charge in [-0.05, 0) is 18.9 Å². The number of hydrogen-bond acceptors (Lipinski definition) is 1. The van der Waals surface area contributed by atoms with E-state index in [0.29, 0.717) is 11.5 Å². The molecule has 0 aromatic heterocycles. The lowest BCUT2D eigenvalue weighted by Gasteiger charge is -2.34. The average molecular weight is 147 g/mol. The molecule has 1 aliphatic heterocycles. The Bertz CT molecular complexity index is 237. The number of aliphatic imine (C=N–C) groups is 1. The van der Waals surface area contributed by atoms with Crippen molar-refractivity contribution in [2.24, 2.45) is 10.4 Å². The van der Waals surface area contributed by atoms with E-state index in [2.05, 4.69) is 36.2 Å². The van der Waals surface area contributed by atoms with Crippen molar-refractivity contribution in [3.8, 4) is 0 Å². The lowest BCUT2D eigenvalue weighted by Crippen LogP contribution is -2.31. The number of nitrogens with zero attached hydrogens (tertiary/aromatic N) is 1. The summed E-state index contributed by atoms with van der Waals surface area (Å²) in [4.78, 5) is 4.42. The second-order valence-electron chi connectivity index (χ2n) is 3.57. The predicted molar refractivity (Wildman–Crippen MR) is 47.9 cm³/mol. The quantitative estimate of drug-likeness (QED) is 0.466. The van der Waals surface area contributed by atoms with Crippen molar-refractivity contribution in [3.05, 3.63) is 24.3 Å². The van der Waals surface area contributed by atoms with E-state index in [4.69, 9.17) is 0 Å². The highest BCUT2D eigenvalue weighted by atomic mass is 14.8. The van der Waals surface area contributed by atoms with E-state index in [1.165, 1.54) is 12.8 Å². The van der Waals surface area contributed by atoms with Gasteiger partial charge in [0.2, 0.25) is 0 Å². The molecule has 0 spiro atoms. The highest BCUT2D eigenvalue weighted by Gasteiger charge is 2.31. The summed E-state index contributed by atoms with van der Waals surface area (Å²) in [5, 5.41) is 0. The molecule has 0 saturated carbocycles. The Kier molecular flexibility index (Phi) is 1.45. The first-order chi connectivity index (χ1) is 5.31. The highest BCUT2D eigenvalue weighted by Crippen LogP contribution is 2.37. The van der Waals surface area contributed by atoms with Gasteiger partial charge in [0.25, 0.3) is 0 Å². The fourth-order valence-corrected chi connectivity index (χ4v) is 1.79. The normalized spacial score (nSPS) is 40.6. The van der Waals surface area contributed by atoms with Crippen LogP contribution in [-0.2, 0) is 0 Å². The Balaban J connectivity index is 2.33. The van der Waals surface area contributed by atoms with E-state index in [1.807, 2.05) is 6.21 Å². The van der Waals surface area contributed by atoms with E-state index in [-0.39, 0.29) is 0 Å². The number of fused-ring (bicyclic) bond motifs is 1. The van der Waals surface area contributed by atoms with Crippen LogP contribution in [0.15, 0.2) is 29.3 Å². The molecule has 0 aromatic rings. The molecule has 0 amide bonds. The molecule has 2 aliphatic rings. The first kappa shape index (κ1) is 6.84. The maximum absolute atomic E-state index is 4.42. The first-order valence-corrected chi connectivity index (χ1v) is 4.19. The van der Waals surface area contributed by atoms with E-state index < -0.39 is 0 Å². The topological polar surface area (TPSA) is 12.4 Å². The molecule has 2 rings (SSSR count). The lowest BCUT2D eigenvalue weighted by atomic mass is 9.74. The average Bonchev–Trinajstić information content (AvgIpc) is 2.03. The number of rotatable bonds is 0. The van der Waals surface area contributed by atoms with Gasteiger partial charge in [-0.1, -0.05) is 25.2 Å². The van der Waals surface area contributed by atoms with E-state index >= 15 is 0 Å². The molecule has 0 saturated heterocycles. The Hall–Kier alpha value is -0.850. The maximum Gasteiger partial charge on any atom is 0.0768 e. The summed E-state index contributed by atoms with van der Waals surface area (Å²) in [5.41, 5.74) is 0.309. The summed E-state index contributed by atoms with van der Waals surface area (Å²) in [5.74, 6) is 0. The third kappa shape index (κ3) is 1.05. The maximum atomic E-state index is 4.42. The van der Waals surface area contributed by atoms with Crippen LogP contribution in [0.1, 0.15) is 19.8 Å². The summed E-state index contributed by atoms with van der Waals surface area (Å²) in [6.45, 7) is 2.29. The van der Waals surface area contributed by atoms with Crippen molar-refractivity contribution in [3.63, 3.8) is 0 Å². The number of dihydropyridines is 1. The van der Waals surface area contributed by atoms with Crippen molar-refractivity contribution in [2.75, 3.05) is 0 Å². The van der Waals surface area contributed by atoms with Crippen LogP contribution in [-0.4, -0.2) is 12.3 Å². The van der Waals surface area contributed by atoms with Crippen LogP contribution in [0.3, 0.4) is 0 Å². The molecular formula is C10H13N. The van der Waals surface area contributed by atoms with Gasteiger partial charge in [-0.25, -0.2) is 0 Å². The summed E-state index contributed by atoms with van der Waals surface area (Å²) in [6.07, 6.45) is 13.2. The molecule has 1 heterocycles. The van der Waals surface area contributed by atoms with E-state index in [0.717, 1.165) is 0 Å². The van der Waals surface area contributed by atoms with Gasteiger partial charge in [0.05, 0.1) is 6.04 Å². The standard InChI is InChI=1S/C10H13N/c1-10-6-3-2-5-9(10)11-8-4-7-10/h2,4-5,7-9H,3,6H2,1H3. The highest BCUT2D eigenvalue weighted by molar-refractivity contribution is 5.73. The molecule has 1 aliphatic carbocycles. The Morgan fingerprint density at radius 1 is 1.55 bits per heavy atom. The molecular weight excluding hydrogens is 134 g/mol. The Morgan fingerprint density at radius 2 is 2.45 bits per heavy atom. The largest absolute Gasteiger partial charge is 0.285 e. The first-order valence-electron chi connectivity index (χ1n) is 4.19. The molecule has 1 nitrogen and oxygen atoms in total. The molecule has 0 aromatic carbocycles. The fraction of sp³-hybridized carbons (Fsp3) is 0.500. The van der Waals surface area contributed by atoms with Crippen LogP contribution in [0.2, 0.25) is 0 Å². The van der Waals surface area contributed by atoms with Gasteiger partial charge in [0.1, 0.15) is 0 Å². The minimum absolute atomic E-state index is 0.309. The molecule has 0 N–H and O–H groups in total. The van der Waals surface area contributed by atoms with Crippen LogP contribution in [0.25, 0.3) is 0 Å². The monoisotopic (exact) mass is 147 g/mol. The minimum atomic E-state index is 0.309. The van der Waals surface area contributed by atoms with Crippen LogP contribution >= 0.6 is 0 Å². The Labute approximate surface area is 67.5 Å². The molecule has 0 fully saturated rings. The van der Waals surface area contributed by atoms with Crippen LogP contribution < -0.4 is 0 Å². The second kappa shape index (κ2) is 2.33. The van der Waals surface area contributed by atoms with Gasteiger partial charge < -0.3 is 0 Å². The van der Waals surface area contributed by atoms with Crippen molar-refractivity contribution in [2.45, 2.75) is 25.8 Å². The predicted octanol–water partition coefficient (Wildman–Crippen LogP) is 2.35. The van der Waals surface area contributed by atoms with Crippen molar-refractivity contribution in [1.29, 1.82) is 0 Å². The van der Waals surface area contributed by atoms with Gasteiger partial charge in [0.15, 0.2) is 0 Å². The molecule has 0 radical (unpaired) electrons. The second-order valence-corrected chi connectivity index (χ2v) is 3.57. The molecule has 1 heteroatoms. The molecule has 2 atom stereocenters. The lowest BCUT2D eigenvalue weighted by molar-refractivity contribution is 0.338. The van der Waals surface area contributed by atoms with Gasteiger partial charge in [0, 0.05) is 11.6 Å². The third-order valence-electron chi connectivity index (χ3n) is 2.65. The summed E-state index contributed by atoms with van der Waals surface area (Å²) < 4.78 is 0. The number of allylic oxidation sites excluding steroid dienone is 2. The van der Waals surface area contributed by atoms with Crippen LogP contribution in [0.4, 0.5) is 0 Å². The zero-order valence-corrected chi connectivity index (χ0v) is 6.83. The SMILES string of the molecule is CC12C=CC=NC1C=CCC2. The molecule has 0 bridgehead atoms. The van der Waals surface area contributed by atoms with Crippen LogP contribution in [0.5, 0.6) is 0 Å². The van der Waals surface area contributed by atoms with Gasteiger partial charge in [-0.15, -0.1) is 0 Å². The zero-order valence-electron chi connectivity index (χ0n) is 6.83. The van der Waals surface area contributed by atoms with E-state index in [9.17, 15) is 0 Å². The van der Waals surface area contributed by atoms with Gasteiger partial charge >= 0.3 is 0 Å². The minimum Gasteiger partial charge on any atom is -0.285 e. The van der Waals surface area contributed by atoms with Crippen molar-refractivity contribution in [1.82, 2.24) is 0 Å². The molecule has 2 unspecified atom stereocenters. The molecule has 58 valence electrons. The van der Waals surface area contributed by atoms with E-state index in [1.54, 1.807) is 0 Å². The summed E-state index contributed by atoms with van der Waals surface area (Å²) >= 11 is 0. The van der Waals surface area contributed by atoms with Crippen molar-refractivity contribution >= 4 is 6.21 Å². The van der Waals surface area contributed by atoms with Gasteiger partial charge in [-0.3, -0.25) is 4.99 Å². The fourth-order valence-electron chi connectivity index (χ4n) is 1.79.